The van der Waals surface area contributed by atoms with E-state index < -0.39 is 54.4 Å². The Hall–Kier alpha value is -1.35. The van der Waals surface area contributed by atoms with Gasteiger partial charge < -0.3 is 35.4 Å². The van der Waals surface area contributed by atoms with Gasteiger partial charge in [0, 0.05) is 6.42 Å². The number of carbonyl (C=O) groups is 1. The molecular formula is C17H30O8. The highest BCUT2D eigenvalue weighted by Crippen LogP contribution is 2.45. The first-order valence-electron chi connectivity index (χ1n) is 8.69. The molecule has 0 spiro atoms. The minimum absolute atomic E-state index is 0.0230. The molecule has 8 heteroatoms. The lowest BCUT2D eigenvalue weighted by Crippen LogP contribution is -2.60. The van der Waals surface area contributed by atoms with Gasteiger partial charge in [-0.2, -0.15) is 0 Å². The number of aliphatic hydroxyl groups is 6. The molecule has 8 nitrogen and oxygen atoms in total. The third kappa shape index (κ3) is 4.25. The van der Waals surface area contributed by atoms with Crippen molar-refractivity contribution in [3.63, 3.8) is 0 Å². The van der Waals surface area contributed by atoms with Gasteiger partial charge in [-0.15, -0.1) is 0 Å². The van der Waals surface area contributed by atoms with Crippen molar-refractivity contribution in [2.45, 2.75) is 69.7 Å². The highest BCUT2D eigenvalue weighted by Gasteiger charge is 2.62. The second-order valence-corrected chi connectivity index (χ2v) is 6.75. The monoisotopic (exact) mass is 362 g/mol. The Morgan fingerprint density at radius 3 is 2.24 bits per heavy atom. The van der Waals surface area contributed by atoms with Crippen molar-refractivity contribution in [1.82, 2.24) is 0 Å². The van der Waals surface area contributed by atoms with Crippen LogP contribution in [0.2, 0.25) is 0 Å². The Bertz CT molecular complexity index is 491. The molecule has 0 aromatic heterocycles. The molecule has 1 rings (SSSR count). The maximum Gasteiger partial charge on any atom is 0.378 e. The Morgan fingerprint density at radius 2 is 1.84 bits per heavy atom. The van der Waals surface area contributed by atoms with E-state index in [1.54, 1.807) is 0 Å². The van der Waals surface area contributed by atoms with Crippen LogP contribution in [-0.4, -0.2) is 67.1 Å². The van der Waals surface area contributed by atoms with Crippen LogP contribution in [-0.2, 0) is 9.53 Å². The van der Waals surface area contributed by atoms with Gasteiger partial charge in [0.2, 0.25) is 11.4 Å². The molecule has 0 aromatic rings. The molecule has 2 unspecified atom stereocenters. The lowest BCUT2D eigenvalue weighted by Gasteiger charge is -2.43. The van der Waals surface area contributed by atoms with Gasteiger partial charge in [-0.25, -0.2) is 4.79 Å². The summed E-state index contributed by atoms with van der Waals surface area (Å²) < 4.78 is 5.03. The molecule has 0 aliphatic carbocycles. The molecule has 0 aromatic carbocycles. The average Bonchev–Trinajstić information content (AvgIpc) is 2.82. The zero-order valence-corrected chi connectivity index (χ0v) is 14.8. The molecule has 0 bridgehead atoms. The molecule has 1 aliphatic heterocycles. The smallest absolute Gasteiger partial charge is 0.378 e. The number of hydrogen-bond acceptors (Lipinski definition) is 8. The molecule has 1 aliphatic rings. The number of esters is 1. The molecule has 4 atom stereocenters. The fraction of sp³-hybridized carbons (Fsp3) is 0.824. The number of hydrogen-bond donors (Lipinski definition) is 6. The summed E-state index contributed by atoms with van der Waals surface area (Å²) in [6.45, 7) is 2.47. The maximum absolute atomic E-state index is 11.7. The van der Waals surface area contributed by atoms with Crippen LogP contribution in [0.3, 0.4) is 0 Å². The largest absolute Gasteiger partial charge is 0.505 e. The van der Waals surface area contributed by atoms with Crippen LogP contribution in [0, 0.1) is 5.92 Å². The first-order chi connectivity index (χ1) is 11.7. The average molecular weight is 362 g/mol. The van der Waals surface area contributed by atoms with Crippen molar-refractivity contribution in [2.75, 3.05) is 13.2 Å². The van der Waals surface area contributed by atoms with Gasteiger partial charge in [0.15, 0.2) is 5.76 Å². The molecule has 1 heterocycles. The molecule has 0 fully saturated rings. The van der Waals surface area contributed by atoms with Crippen molar-refractivity contribution in [1.29, 1.82) is 0 Å². The van der Waals surface area contributed by atoms with Gasteiger partial charge >= 0.3 is 5.97 Å². The lowest BCUT2D eigenvalue weighted by atomic mass is 9.73. The van der Waals surface area contributed by atoms with Crippen LogP contribution in [0.15, 0.2) is 11.5 Å². The van der Waals surface area contributed by atoms with Crippen molar-refractivity contribution >= 4 is 5.97 Å². The van der Waals surface area contributed by atoms with E-state index in [4.69, 9.17) is 9.84 Å². The van der Waals surface area contributed by atoms with Crippen LogP contribution in [0.1, 0.15) is 52.4 Å². The van der Waals surface area contributed by atoms with Crippen LogP contribution >= 0.6 is 0 Å². The van der Waals surface area contributed by atoms with E-state index >= 15 is 0 Å². The minimum Gasteiger partial charge on any atom is -0.505 e. The number of ether oxygens (including phenoxy) is 1. The van der Waals surface area contributed by atoms with Gasteiger partial charge in [0.1, 0.15) is 5.60 Å². The third-order valence-corrected chi connectivity index (χ3v) is 5.05. The summed E-state index contributed by atoms with van der Waals surface area (Å²) in [5, 5.41) is 59.6. The number of rotatable bonds is 11. The minimum atomic E-state index is -2.21. The summed E-state index contributed by atoms with van der Waals surface area (Å²) in [5.41, 5.74) is -4.33. The summed E-state index contributed by atoms with van der Waals surface area (Å²) in [7, 11) is 0. The molecule has 0 amide bonds. The lowest BCUT2D eigenvalue weighted by molar-refractivity contribution is -0.203. The molecule has 0 saturated carbocycles. The predicted molar refractivity (Wildman–Crippen MR) is 88.8 cm³/mol. The SMILES string of the molecule is CCCC(CC)CC[C@](O)(CO)[C@@]1(CC(O)CO)OC(=O)C(O)=C1O. The van der Waals surface area contributed by atoms with Crippen LogP contribution < -0.4 is 0 Å². The predicted octanol–water partition coefficient (Wildman–Crippen LogP) is 0.683. The summed E-state index contributed by atoms with van der Waals surface area (Å²) >= 11 is 0. The zero-order chi connectivity index (χ0) is 19.3. The molecule has 6 N–H and O–H groups in total. The molecule has 0 saturated heterocycles. The summed E-state index contributed by atoms with van der Waals surface area (Å²) in [4.78, 5) is 11.7. The van der Waals surface area contributed by atoms with Gasteiger partial charge in [0.25, 0.3) is 0 Å². The summed E-state index contributed by atoms with van der Waals surface area (Å²) in [6, 6.07) is 0. The summed E-state index contributed by atoms with van der Waals surface area (Å²) in [6.07, 6.45) is 1.19. The first-order valence-corrected chi connectivity index (χ1v) is 8.69. The Labute approximate surface area is 147 Å². The normalized spacial score (nSPS) is 25.6. The molecule has 25 heavy (non-hydrogen) atoms. The van der Waals surface area contributed by atoms with Gasteiger partial charge in [-0.3, -0.25) is 0 Å². The van der Waals surface area contributed by atoms with Gasteiger partial charge in [-0.05, 0) is 18.8 Å². The fourth-order valence-electron chi connectivity index (χ4n) is 3.40. The van der Waals surface area contributed by atoms with Crippen molar-refractivity contribution < 1.29 is 40.2 Å². The number of aliphatic hydroxyl groups excluding tert-OH is 5. The molecular weight excluding hydrogens is 332 g/mol. The Morgan fingerprint density at radius 1 is 1.20 bits per heavy atom. The van der Waals surface area contributed by atoms with Crippen molar-refractivity contribution in [3.8, 4) is 0 Å². The second-order valence-electron chi connectivity index (χ2n) is 6.75. The molecule has 146 valence electrons. The first kappa shape index (κ1) is 21.7. The highest BCUT2D eigenvalue weighted by atomic mass is 16.6. The Kier molecular flexibility index (Phi) is 7.67. The van der Waals surface area contributed by atoms with E-state index in [9.17, 15) is 30.3 Å². The van der Waals surface area contributed by atoms with Gasteiger partial charge in [-0.1, -0.05) is 33.1 Å². The van der Waals surface area contributed by atoms with Crippen molar-refractivity contribution in [3.05, 3.63) is 11.5 Å². The quantitative estimate of drug-likeness (QED) is 0.294. The fourth-order valence-corrected chi connectivity index (χ4v) is 3.40. The third-order valence-electron chi connectivity index (χ3n) is 5.05. The van der Waals surface area contributed by atoms with E-state index in [2.05, 4.69) is 0 Å². The summed E-state index contributed by atoms with van der Waals surface area (Å²) in [5.74, 6) is -3.00. The van der Waals surface area contributed by atoms with E-state index in [1.165, 1.54) is 0 Å². The molecule has 0 radical (unpaired) electrons. The Balaban J connectivity index is 3.19. The van der Waals surface area contributed by atoms with E-state index in [0.29, 0.717) is 6.42 Å². The van der Waals surface area contributed by atoms with Crippen LogP contribution in [0.4, 0.5) is 0 Å². The zero-order valence-electron chi connectivity index (χ0n) is 14.8. The standard InChI is InChI=1S/C17H30O8/c1-3-5-11(4-2)6-7-16(24,10-19)17(8-12(20)9-18)14(22)13(21)15(23)25-17/h11-12,18-22,24H,3-10H2,1-2H3/t11?,12?,16-,17-/m0/s1. The van der Waals surface area contributed by atoms with Crippen LogP contribution in [0.5, 0.6) is 0 Å². The number of carbonyl (C=O) groups excluding carboxylic acids is 1. The second kappa shape index (κ2) is 8.84. The number of cyclic esters (lactones) is 1. The van der Waals surface area contributed by atoms with E-state index in [0.717, 1.165) is 19.3 Å². The van der Waals surface area contributed by atoms with E-state index in [-0.39, 0.29) is 12.3 Å². The van der Waals surface area contributed by atoms with E-state index in [1.807, 2.05) is 13.8 Å². The van der Waals surface area contributed by atoms with Gasteiger partial charge in [0.05, 0.1) is 19.3 Å². The van der Waals surface area contributed by atoms with Crippen LogP contribution in [0.25, 0.3) is 0 Å². The van der Waals surface area contributed by atoms with Crippen molar-refractivity contribution in [2.24, 2.45) is 5.92 Å². The maximum atomic E-state index is 11.7. The topological polar surface area (TPSA) is 148 Å². The highest BCUT2D eigenvalue weighted by molar-refractivity contribution is 5.90.